The summed E-state index contributed by atoms with van der Waals surface area (Å²) in [7, 11) is 0. The maximum Gasteiger partial charge on any atom is 0.273 e. The summed E-state index contributed by atoms with van der Waals surface area (Å²) in [6.07, 6.45) is 5.28. The molecule has 0 saturated heterocycles. The molecule has 3 aromatic rings. The largest absolute Gasteiger partial charge is 0.346 e. The van der Waals surface area contributed by atoms with E-state index in [2.05, 4.69) is 25.1 Å². The van der Waals surface area contributed by atoms with E-state index in [1.54, 1.807) is 0 Å². The van der Waals surface area contributed by atoms with Crippen molar-refractivity contribution < 1.29 is 4.79 Å². The van der Waals surface area contributed by atoms with Crippen molar-refractivity contribution in [2.45, 2.75) is 32.4 Å². The number of para-hydroxylation sites is 1. The predicted octanol–water partition coefficient (Wildman–Crippen LogP) is 1.52. The second kappa shape index (κ2) is 5.92. The number of rotatable bonds is 3. The Morgan fingerprint density at radius 2 is 2.12 bits per heavy atom. The Kier molecular flexibility index (Phi) is 3.60. The van der Waals surface area contributed by atoms with Gasteiger partial charge in [0.1, 0.15) is 5.82 Å². The number of hydrogen-bond acceptors (Lipinski definition) is 4. The van der Waals surface area contributed by atoms with Gasteiger partial charge in [-0.25, -0.2) is 4.98 Å². The van der Waals surface area contributed by atoms with Crippen molar-refractivity contribution in [1.82, 2.24) is 29.9 Å². The van der Waals surface area contributed by atoms with Gasteiger partial charge in [-0.1, -0.05) is 18.2 Å². The Labute approximate surface area is 139 Å². The van der Waals surface area contributed by atoms with Gasteiger partial charge >= 0.3 is 0 Å². The predicted molar refractivity (Wildman–Crippen MR) is 87.9 cm³/mol. The number of carbonyl (C=O) groups excluding carboxylic acids is 1. The van der Waals surface area contributed by atoms with Gasteiger partial charge in [0.25, 0.3) is 5.91 Å². The molecule has 0 fully saturated rings. The summed E-state index contributed by atoms with van der Waals surface area (Å²) in [6, 6.07) is 9.62. The number of hydrogen-bond donors (Lipinski definition) is 1. The molecule has 0 unspecified atom stereocenters. The molecule has 1 atom stereocenters. The van der Waals surface area contributed by atoms with Crippen LogP contribution in [-0.2, 0) is 13.0 Å². The Hall–Kier alpha value is -2.96. The molecule has 0 saturated carbocycles. The standard InChI is InChI=1S/C17H18N6O/c1-12-10-22-11-13(7-8-16(22)19-12)20-17(24)15-9-18-23(21-15)14-5-3-2-4-6-14/h2-6,9-10,13H,7-8,11H2,1H3,(H,20,24)/t13-/m0/s1. The van der Waals surface area contributed by atoms with Crippen molar-refractivity contribution in [3.8, 4) is 5.69 Å². The fourth-order valence-corrected chi connectivity index (χ4v) is 3.02. The normalized spacial score (nSPS) is 16.6. The molecule has 7 heteroatoms. The number of fused-ring (bicyclic) bond motifs is 1. The van der Waals surface area contributed by atoms with Gasteiger partial charge in [0, 0.05) is 25.2 Å². The van der Waals surface area contributed by atoms with Crippen LogP contribution >= 0.6 is 0 Å². The first-order valence-electron chi connectivity index (χ1n) is 8.00. The summed E-state index contributed by atoms with van der Waals surface area (Å²) in [5, 5.41) is 11.5. The van der Waals surface area contributed by atoms with E-state index in [0.717, 1.165) is 36.6 Å². The Balaban J connectivity index is 1.45. The highest BCUT2D eigenvalue weighted by Gasteiger charge is 2.22. The van der Waals surface area contributed by atoms with Crippen LogP contribution in [0.3, 0.4) is 0 Å². The molecule has 1 aliphatic heterocycles. The van der Waals surface area contributed by atoms with Crippen LogP contribution < -0.4 is 5.32 Å². The van der Waals surface area contributed by atoms with Crippen LogP contribution in [0.5, 0.6) is 0 Å². The summed E-state index contributed by atoms with van der Waals surface area (Å²) in [5.41, 5.74) is 2.17. The van der Waals surface area contributed by atoms with Crippen molar-refractivity contribution in [2.75, 3.05) is 0 Å². The lowest BCUT2D eigenvalue weighted by molar-refractivity contribution is 0.0922. The van der Waals surface area contributed by atoms with Crippen LogP contribution in [0.4, 0.5) is 0 Å². The van der Waals surface area contributed by atoms with Gasteiger partial charge in [-0.2, -0.15) is 9.90 Å². The Bertz CT molecular complexity index is 866. The van der Waals surface area contributed by atoms with Crippen LogP contribution in [0.15, 0.2) is 42.7 Å². The lowest BCUT2D eigenvalue weighted by Gasteiger charge is -2.24. The maximum atomic E-state index is 12.4. The maximum absolute atomic E-state index is 12.4. The van der Waals surface area contributed by atoms with Crippen molar-refractivity contribution in [2.24, 2.45) is 0 Å². The molecule has 2 aromatic heterocycles. The van der Waals surface area contributed by atoms with Crippen molar-refractivity contribution in [3.63, 3.8) is 0 Å². The number of nitrogens with zero attached hydrogens (tertiary/aromatic N) is 5. The van der Waals surface area contributed by atoms with Gasteiger partial charge in [0.15, 0.2) is 5.69 Å². The molecule has 1 amide bonds. The molecule has 1 aliphatic rings. The van der Waals surface area contributed by atoms with Gasteiger partial charge in [-0.05, 0) is 25.5 Å². The van der Waals surface area contributed by atoms with E-state index < -0.39 is 0 Å². The summed E-state index contributed by atoms with van der Waals surface area (Å²) < 4.78 is 2.12. The quantitative estimate of drug-likeness (QED) is 0.793. The van der Waals surface area contributed by atoms with E-state index in [1.807, 2.05) is 43.5 Å². The highest BCUT2D eigenvalue weighted by molar-refractivity contribution is 5.92. The van der Waals surface area contributed by atoms with E-state index in [-0.39, 0.29) is 11.9 Å². The molecule has 1 N–H and O–H groups in total. The molecule has 7 nitrogen and oxygen atoms in total. The van der Waals surface area contributed by atoms with Crippen molar-refractivity contribution in [1.29, 1.82) is 0 Å². The third-order valence-corrected chi connectivity index (χ3v) is 4.16. The highest BCUT2D eigenvalue weighted by Crippen LogP contribution is 2.15. The first-order chi connectivity index (χ1) is 11.7. The molecule has 4 rings (SSSR count). The molecule has 0 spiro atoms. The molecule has 3 heterocycles. The second-order valence-corrected chi connectivity index (χ2v) is 6.01. The third kappa shape index (κ3) is 2.80. The van der Waals surface area contributed by atoms with Gasteiger partial charge in [0.2, 0.25) is 0 Å². The molecular weight excluding hydrogens is 304 g/mol. The summed E-state index contributed by atoms with van der Waals surface area (Å²) in [4.78, 5) is 18.4. The van der Waals surface area contributed by atoms with Gasteiger partial charge in [-0.15, -0.1) is 5.10 Å². The van der Waals surface area contributed by atoms with Gasteiger partial charge in [0.05, 0.1) is 17.6 Å². The molecule has 1 aromatic carbocycles. The average Bonchev–Trinajstić information content (AvgIpc) is 3.21. The molecule has 0 aliphatic carbocycles. The van der Waals surface area contributed by atoms with Crippen LogP contribution in [0.2, 0.25) is 0 Å². The lowest BCUT2D eigenvalue weighted by Crippen LogP contribution is -2.41. The third-order valence-electron chi connectivity index (χ3n) is 4.16. The number of nitrogens with one attached hydrogen (secondary N) is 1. The highest BCUT2D eigenvalue weighted by atomic mass is 16.2. The fourth-order valence-electron chi connectivity index (χ4n) is 3.02. The van der Waals surface area contributed by atoms with E-state index in [4.69, 9.17) is 0 Å². The van der Waals surface area contributed by atoms with Crippen LogP contribution in [-0.4, -0.2) is 36.5 Å². The number of carbonyl (C=O) groups is 1. The monoisotopic (exact) mass is 322 g/mol. The first kappa shape index (κ1) is 14.6. The Morgan fingerprint density at radius 1 is 1.29 bits per heavy atom. The zero-order valence-corrected chi connectivity index (χ0v) is 13.4. The summed E-state index contributed by atoms with van der Waals surface area (Å²) >= 11 is 0. The minimum Gasteiger partial charge on any atom is -0.346 e. The SMILES string of the molecule is Cc1cn2c(n1)CC[C@H](NC(=O)c1cnn(-c3ccccc3)n1)C2. The van der Waals surface area contributed by atoms with E-state index in [0.29, 0.717) is 5.69 Å². The van der Waals surface area contributed by atoms with Crippen molar-refractivity contribution >= 4 is 5.91 Å². The van der Waals surface area contributed by atoms with E-state index >= 15 is 0 Å². The van der Waals surface area contributed by atoms with Crippen LogP contribution in [0, 0.1) is 6.92 Å². The smallest absolute Gasteiger partial charge is 0.273 e. The molecule has 0 bridgehead atoms. The molecular formula is C17H18N6O. The number of amides is 1. The minimum atomic E-state index is -0.192. The van der Waals surface area contributed by atoms with Gasteiger partial charge in [-0.3, -0.25) is 4.79 Å². The zero-order chi connectivity index (χ0) is 16.5. The molecule has 0 radical (unpaired) electrons. The summed E-state index contributed by atoms with van der Waals surface area (Å²) in [5.74, 6) is 0.899. The average molecular weight is 322 g/mol. The number of aromatic nitrogens is 5. The lowest BCUT2D eigenvalue weighted by atomic mass is 10.1. The van der Waals surface area contributed by atoms with Crippen molar-refractivity contribution in [3.05, 3.63) is 59.9 Å². The number of aryl methyl sites for hydroxylation is 2. The molecule has 24 heavy (non-hydrogen) atoms. The van der Waals surface area contributed by atoms with Gasteiger partial charge < -0.3 is 9.88 Å². The van der Waals surface area contributed by atoms with E-state index in [1.165, 1.54) is 11.0 Å². The summed E-state index contributed by atoms with van der Waals surface area (Å²) in [6.45, 7) is 2.73. The Morgan fingerprint density at radius 3 is 2.96 bits per heavy atom. The fraction of sp³-hybridized carbons (Fsp3) is 0.294. The topological polar surface area (TPSA) is 77.6 Å². The number of imidazole rings is 1. The zero-order valence-electron chi connectivity index (χ0n) is 13.4. The number of benzene rings is 1. The first-order valence-corrected chi connectivity index (χ1v) is 8.00. The van der Waals surface area contributed by atoms with E-state index in [9.17, 15) is 4.79 Å². The van der Waals surface area contributed by atoms with Crippen LogP contribution in [0.1, 0.15) is 28.4 Å². The van der Waals surface area contributed by atoms with Crippen LogP contribution in [0.25, 0.3) is 5.69 Å². The second-order valence-electron chi connectivity index (χ2n) is 6.01. The minimum absolute atomic E-state index is 0.0838. The molecule has 122 valence electrons.